The maximum atomic E-state index is 14.5. The molecule has 1 aliphatic heterocycles. The SMILES string of the molecule is Cc1cccc(C)c1CON=CCNC(=O)c1ccc(C2=NOC(c3cc(Cl)c(F)c(Cl)c3)(C(F)(F)F)C2)c2ccccc12. The van der Waals surface area contributed by atoms with Crippen molar-refractivity contribution in [2.24, 2.45) is 10.3 Å². The molecule has 0 aliphatic carbocycles. The van der Waals surface area contributed by atoms with Crippen molar-refractivity contribution in [1.29, 1.82) is 0 Å². The number of benzene rings is 4. The van der Waals surface area contributed by atoms with Crippen LogP contribution < -0.4 is 5.32 Å². The molecule has 0 saturated heterocycles. The van der Waals surface area contributed by atoms with Gasteiger partial charge in [-0.1, -0.05) is 82.0 Å². The van der Waals surface area contributed by atoms with Gasteiger partial charge < -0.3 is 15.0 Å². The van der Waals surface area contributed by atoms with E-state index in [9.17, 15) is 22.4 Å². The summed E-state index contributed by atoms with van der Waals surface area (Å²) in [5.74, 6) is -1.46. The molecule has 5 rings (SSSR count). The van der Waals surface area contributed by atoms with Gasteiger partial charge in [0.1, 0.15) is 6.61 Å². The van der Waals surface area contributed by atoms with Crippen molar-refractivity contribution in [3.63, 3.8) is 0 Å². The van der Waals surface area contributed by atoms with Crippen molar-refractivity contribution >= 4 is 51.8 Å². The normalized spacial score (nSPS) is 16.7. The third-order valence-corrected chi connectivity index (χ3v) is 8.02. The van der Waals surface area contributed by atoms with Gasteiger partial charge in [-0.2, -0.15) is 13.2 Å². The summed E-state index contributed by atoms with van der Waals surface area (Å²) in [5.41, 5.74) is 0.405. The number of carbonyl (C=O) groups is 1. The van der Waals surface area contributed by atoms with Crippen LogP contribution in [0.1, 0.15) is 44.6 Å². The van der Waals surface area contributed by atoms with Gasteiger partial charge in [0.25, 0.3) is 11.5 Å². The molecule has 0 bridgehead atoms. The summed E-state index contributed by atoms with van der Waals surface area (Å²) in [7, 11) is 0. The Hall–Kier alpha value is -4.15. The number of nitrogens with one attached hydrogen (secondary N) is 1. The molecular weight excluding hydrogens is 621 g/mol. The summed E-state index contributed by atoms with van der Waals surface area (Å²) in [6.45, 7) is 4.35. The molecule has 4 aromatic carbocycles. The molecule has 1 unspecified atom stereocenters. The molecule has 1 aliphatic rings. The molecule has 1 heterocycles. The van der Waals surface area contributed by atoms with Gasteiger partial charge in [-0.05, 0) is 59.5 Å². The molecule has 1 atom stereocenters. The topological polar surface area (TPSA) is 72.3 Å². The standard InChI is InChI=1S/C32H25Cl2F4N3O3/c1-18-6-5-7-19(2)25(18)17-43-40-13-12-39-30(42)24-11-10-23(21-8-3-4-9-22(21)24)28-16-31(44-41-28,32(36,37)38)20-14-26(33)29(35)27(34)15-20/h3-11,13-15H,12,16-17H2,1-2H3,(H,39,42). The zero-order valence-electron chi connectivity index (χ0n) is 23.4. The number of carbonyl (C=O) groups excluding carboxylic acids is 1. The Morgan fingerprint density at radius 1 is 1.05 bits per heavy atom. The Labute approximate surface area is 260 Å². The Balaban J connectivity index is 1.34. The monoisotopic (exact) mass is 645 g/mol. The lowest BCUT2D eigenvalue weighted by atomic mass is 9.85. The van der Waals surface area contributed by atoms with E-state index in [0.29, 0.717) is 28.5 Å². The third kappa shape index (κ3) is 5.96. The first kappa shape index (κ1) is 31.3. The zero-order chi connectivity index (χ0) is 31.6. The number of oxime groups is 2. The number of nitrogens with zero attached hydrogens (tertiary/aromatic N) is 2. The second-order valence-corrected chi connectivity index (χ2v) is 11.0. The Morgan fingerprint density at radius 2 is 1.70 bits per heavy atom. The number of halogens is 6. The first-order chi connectivity index (χ1) is 20.9. The summed E-state index contributed by atoms with van der Waals surface area (Å²) in [5, 5.41) is 10.3. The van der Waals surface area contributed by atoms with Crippen molar-refractivity contribution in [1.82, 2.24) is 5.32 Å². The van der Waals surface area contributed by atoms with Crippen LogP contribution in [-0.4, -0.2) is 30.6 Å². The van der Waals surface area contributed by atoms with Gasteiger partial charge in [0.15, 0.2) is 5.82 Å². The third-order valence-electron chi connectivity index (χ3n) is 7.47. The van der Waals surface area contributed by atoms with Gasteiger partial charge in [0, 0.05) is 23.1 Å². The number of amides is 1. The lowest BCUT2D eigenvalue weighted by molar-refractivity contribution is -0.275. The van der Waals surface area contributed by atoms with Crippen LogP contribution in [0.25, 0.3) is 10.8 Å². The fourth-order valence-electron chi connectivity index (χ4n) is 5.09. The van der Waals surface area contributed by atoms with E-state index < -0.39 is 45.5 Å². The molecule has 1 N–H and O–H groups in total. The van der Waals surface area contributed by atoms with Crippen LogP contribution in [-0.2, 0) is 21.9 Å². The molecule has 1 amide bonds. The largest absolute Gasteiger partial charge is 0.435 e. The number of hydrogen-bond donors (Lipinski definition) is 1. The van der Waals surface area contributed by atoms with Crippen LogP contribution in [0, 0.1) is 19.7 Å². The zero-order valence-corrected chi connectivity index (χ0v) is 24.9. The van der Waals surface area contributed by atoms with Crippen molar-refractivity contribution in [3.05, 3.63) is 116 Å². The highest BCUT2D eigenvalue weighted by Crippen LogP contribution is 2.50. The molecule has 12 heteroatoms. The highest BCUT2D eigenvalue weighted by Gasteiger charge is 2.62. The van der Waals surface area contributed by atoms with E-state index in [2.05, 4.69) is 15.6 Å². The molecule has 44 heavy (non-hydrogen) atoms. The van der Waals surface area contributed by atoms with Gasteiger partial charge in [0.05, 0.1) is 28.5 Å². The maximum absolute atomic E-state index is 14.5. The van der Waals surface area contributed by atoms with Crippen molar-refractivity contribution in [2.75, 3.05) is 6.54 Å². The van der Waals surface area contributed by atoms with Crippen LogP contribution in [0.2, 0.25) is 10.0 Å². The highest BCUT2D eigenvalue weighted by molar-refractivity contribution is 6.35. The van der Waals surface area contributed by atoms with E-state index in [-0.39, 0.29) is 12.3 Å². The van der Waals surface area contributed by atoms with Crippen LogP contribution >= 0.6 is 23.2 Å². The fourth-order valence-corrected chi connectivity index (χ4v) is 5.57. The van der Waals surface area contributed by atoms with Gasteiger partial charge in [-0.25, -0.2) is 4.39 Å². The smallest absolute Gasteiger partial charge is 0.391 e. The number of aryl methyl sites for hydroxylation is 2. The van der Waals surface area contributed by atoms with Crippen LogP contribution in [0.15, 0.2) is 77.0 Å². The van der Waals surface area contributed by atoms with Crippen molar-refractivity contribution in [2.45, 2.75) is 38.7 Å². The molecular formula is C32H25Cl2F4N3O3. The minimum absolute atomic E-state index is 0.0183. The maximum Gasteiger partial charge on any atom is 0.435 e. The van der Waals surface area contributed by atoms with E-state index in [1.165, 1.54) is 18.3 Å². The average Bonchev–Trinajstić information content (AvgIpc) is 3.45. The molecule has 0 aromatic heterocycles. The molecule has 0 fully saturated rings. The summed E-state index contributed by atoms with van der Waals surface area (Å²) in [6, 6.07) is 17.4. The summed E-state index contributed by atoms with van der Waals surface area (Å²) in [4.78, 5) is 23.5. The van der Waals surface area contributed by atoms with E-state index in [1.54, 1.807) is 24.3 Å². The quantitative estimate of drug-likeness (QED) is 0.0905. The minimum Gasteiger partial charge on any atom is -0.391 e. The Kier molecular flexibility index (Phi) is 8.85. The second-order valence-electron chi connectivity index (χ2n) is 10.2. The minimum atomic E-state index is -4.96. The van der Waals surface area contributed by atoms with Crippen LogP contribution in [0.4, 0.5) is 17.6 Å². The lowest BCUT2D eigenvalue weighted by Crippen LogP contribution is -2.42. The van der Waals surface area contributed by atoms with E-state index in [4.69, 9.17) is 32.9 Å². The van der Waals surface area contributed by atoms with Gasteiger partial charge in [-0.3, -0.25) is 4.79 Å². The molecule has 0 saturated carbocycles. The molecule has 4 aromatic rings. The Bertz CT molecular complexity index is 1770. The van der Waals surface area contributed by atoms with Gasteiger partial charge >= 0.3 is 6.18 Å². The molecule has 6 nitrogen and oxygen atoms in total. The number of fused-ring (bicyclic) bond motifs is 1. The van der Waals surface area contributed by atoms with Gasteiger partial charge in [0.2, 0.25) is 0 Å². The molecule has 0 spiro atoms. The number of alkyl halides is 3. The first-order valence-corrected chi connectivity index (χ1v) is 14.1. The second kappa shape index (κ2) is 12.5. The summed E-state index contributed by atoms with van der Waals surface area (Å²) >= 11 is 11.6. The van der Waals surface area contributed by atoms with E-state index in [1.807, 2.05) is 32.0 Å². The number of rotatable bonds is 8. The first-order valence-electron chi connectivity index (χ1n) is 13.4. The predicted octanol–water partition coefficient (Wildman–Crippen LogP) is 8.42. The van der Waals surface area contributed by atoms with E-state index in [0.717, 1.165) is 28.8 Å². The lowest BCUT2D eigenvalue weighted by Gasteiger charge is -2.29. The molecule has 228 valence electrons. The fraction of sp³-hybridized carbons (Fsp3) is 0.219. The van der Waals surface area contributed by atoms with Crippen molar-refractivity contribution in [3.8, 4) is 0 Å². The van der Waals surface area contributed by atoms with Gasteiger partial charge in [-0.15, -0.1) is 0 Å². The summed E-state index contributed by atoms with van der Waals surface area (Å²) < 4.78 is 57.5. The molecule has 0 radical (unpaired) electrons. The highest BCUT2D eigenvalue weighted by atomic mass is 35.5. The Morgan fingerprint density at radius 3 is 2.36 bits per heavy atom. The predicted molar refractivity (Wildman–Crippen MR) is 162 cm³/mol. The van der Waals surface area contributed by atoms with Crippen molar-refractivity contribution < 1.29 is 32.0 Å². The average molecular weight is 646 g/mol. The van der Waals surface area contributed by atoms with Crippen LogP contribution in [0.5, 0.6) is 0 Å². The summed E-state index contributed by atoms with van der Waals surface area (Å²) in [6.07, 6.45) is -4.26. The van der Waals surface area contributed by atoms with Crippen LogP contribution in [0.3, 0.4) is 0 Å². The van der Waals surface area contributed by atoms with E-state index >= 15 is 0 Å². The number of hydrogen-bond acceptors (Lipinski definition) is 5.